The van der Waals surface area contributed by atoms with E-state index >= 15 is 0 Å². The Morgan fingerprint density at radius 1 is 0.893 bits per heavy atom. The van der Waals surface area contributed by atoms with E-state index in [9.17, 15) is 9.59 Å². The highest BCUT2D eigenvalue weighted by Crippen LogP contribution is 2.22. The lowest BCUT2D eigenvalue weighted by molar-refractivity contribution is -0.132. The molecule has 0 aliphatic rings. The van der Waals surface area contributed by atoms with Crippen molar-refractivity contribution in [3.8, 4) is 0 Å². The predicted molar refractivity (Wildman–Crippen MR) is 115 cm³/mol. The zero-order valence-corrected chi connectivity index (χ0v) is 16.6. The SMILES string of the molecule is CN(CC(=O)Nc1ccccc1Cl)C(=O)CN(C)c1ccc2ccccc2c1. The Labute approximate surface area is 169 Å². The third-order valence-electron chi connectivity index (χ3n) is 4.50. The third-order valence-corrected chi connectivity index (χ3v) is 4.83. The minimum absolute atomic E-state index is 0.0460. The predicted octanol–water partition coefficient (Wildman–Crippen LogP) is 4.03. The summed E-state index contributed by atoms with van der Waals surface area (Å²) in [5.41, 5.74) is 1.48. The number of carbonyl (C=O) groups excluding carboxylic acids is 2. The van der Waals surface area contributed by atoms with E-state index in [0.29, 0.717) is 10.7 Å². The van der Waals surface area contributed by atoms with Crippen molar-refractivity contribution in [1.29, 1.82) is 0 Å². The number of nitrogens with zero attached hydrogens (tertiary/aromatic N) is 2. The van der Waals surface area contributed by atoms with Crippen molar-refractivity contribution in [2.45, 2.75) is 0 Å². The molecule has 0 radical (unpaired) electrons. The molecule has 0 saturated heterocycles. The van der Waals surface area contributed by atoms with E-state index in [2.05, 4.69) is 11.4 Å². The van der Waals surface area contributed by atoms with Crippen LogP contribution >= 0.6 is 11.6 Å². The fourth-order valence-electron chi connectivity index (χ4n) is 2.88. The Balaban J connectivity index is 1.58. The Kier molecular flexibility index (Phi) is 6.16. The van der Waals surface area contributed by atoms with Gasteiger partial charge in [0.1, 0.15) is 0 Å². The zero-order valence-electron chi connectivity index (χ0n) is 15.9. The van der Waals surface area contributed by atoms with Gasteiger partial charge in [-0.15, -0.1) is 0 Å². The number of likely N-dealkylation sites (N-methyl/N-ethyl adjacent to an activating group) is 2. The van der Waals surface area contributed by atoms with Gasteiger partial charge in [-0.05, 0) is 35.0 Å². The maximum absolute atomic E-state index is 12.5. The number of nitrogens with one attached hydrogen (secondary N) is 1. The molecule has 3 aromatic rings. The summed E-state index contributed by atoms with van der Waals surface area (Å²) >= 11 is 6.04. The zero-order chi connectivity index (χ0) is 20.1. The highest BCUT2D eigenvalue weighted by molar-refractivity contribution is 6.33. The minimum Gasteiger partial charge on any atom is -0.365 e. The van der Waals surface area contributed by atoms with Crippen molar-refractivity contribution in [1.82, 2.24) is 4.90 Å². The van der Waals surface area contributed by atoms with Crippen LogP contribution in [0.25, 0.3) is 10.8 Å². The summed E-state index contributed by atoms with van der Waals surface area (Å²) in [5, 5.41) is 5.45. The number of benzene rings is 3. The van der Waals surface area contributed by atoms with Crippen molar-refractivity contribution in [2.75, 3.05) is 37.4 Å². The fourth-order valence-corrected chi connectivity index (χ4v) is 3.07. The molecular weight excluding hydrogens is 374 g/mol. The van der Waals surface area contributed by atoms with E-state index in [1.807, 2.05) is 48.3 Å². The number of hydrogen-bond acceptors (Lipinski definition) is 3. The number of carbonyl (C=O) groups is 2. The van der Waals surface area contributed by atoms with Gasteiger partial charge >= 0.3 is 0 Å². The van der Waals surface area contributed by atoms with Gasteiger partial charge in [0.05, 0.1) is 23.8 Å². The Hall–Kier alpha value is -3.05. The van der Waals surface area contributed by atoms with Gasteiger partial charge in [0.15, 0.2) is 0 Å². The van der Waals surface area contributed by atoms with Crippen LogP contribution in [0.1, 0.15) is 0 Å². The van der Waals surface area contributed by atoms with Crippen LogP contribution in [0.2, 0.25) is 5.02 Å². The van der Waals surface area contributed by atoms with Gasteiger partial charge in [0.2, 0.25) is 11.8 Å². The van der Waals surface area contributed by atoms with Crippen molar-refractivity contribution in [3.63, 3.8) is 0 Å². The number of fused-ring (bicyclic) bond motifs is 1. The lowest BCUT2D eigenvalue weighted by Gasteiger charge is -2.23. The largest absolute Gasteiger partial charge is 0.365 e. The number of para-hydroxylation sites is 1. The molecular formula is C22H22ClN3O2. The second-order valence-electron chi connectivity index (χ2n) is 6.67. The number of anilines is 2. The van der Waals surface area contributed by atoms with Crippen molar-refractivity contribution in [2.24, 2.45) is 0 Å². The maximum Gasteiger partial charge on any atom is 0.244 e. The second kappa shape index (κ2) is 8.76. The standard InChI is InChI=1S/C22H22ClN3O2/c1-25(18-12-11-16-7-3-4-8-17(16)13-18)15-22(28)26(2)14-21(27)24-20-10-6-5-9-19(20)23/h3-13H,14-15H2,1-2H3,(H,24,27). The van der Waals surface area contributed by atoms with Crippen LogP contribution in [0.4, 0.5) is 11.4 Å². The average molecular weight is 396 g/mol. The first-order valence-electron chi connectivity index (χ1n) is 8.92. The fraction of sp³-hybridized carbons (Fsp3) is 0.182. The van der Waals surface area contributed by atoms with Crippen LogP contribution in [-0.4, -0.2) is 43.9 Å². The molecule has 5 nitrogen and oxygen atoms in total. The molecule has 0 saturated carbocycles. The van der Waals surface area contributed by atoms with E-state index in [1.165, 1.54) is 4.90 Å². The molecule has 0 aliphatic carbocycles. The third kappa shape index (κ3) is 4.81. The highest BCUT2D eigenvalue weighted by atomic mass is 35.5. The van der Waals surface area contributed by atoms with Crippen molar-refractivity contribution >= 4 is 45.6 Å². The van der Waals surface area contributed by atoms with E-state index in [1.54, 1.807) is 31.3 Å². The summed E-state index contributed by atoms with van der Waals surface area (Å²) in [6, 6.07) is 21.1. The molecule has 144 valence electrons. The van der Waals surface area contributed by atoms with E-state index in [4.69, 9.17) is 11.6 Å². The van der Waals surface area contributed by atoms with Gasteiger partial charge in [0.25, 0.3) is 0 Å². The number of rotatable bonds is 6. The van der Waals surface area contributed by atoms with Gasteiger partial charge in [-0.2, -0.15) is 0 Å². The van der Waals surface area contributed by atoms with Crippen LogP contribution in [0.3, 0.4) is 0 Å². The molecule has 1 N–H and O–H groups in total. The van der Waals surface area contributed by atoms with Crippen LogP contribution in [0, 0.1) is 0 Å². The normalized spacial score (nSPS) is 10.5. The molecule has 0 aromatic heterocycles. The molecule has 0 bridgehead atoms. The highest BCUT2D eigenvalue weighted by Gasteiger charge is 2.16. The number of hydrogen-bond donors (Lipinski definition) is 1. The van der Waals surface area contributed by atoms with Crippen molar-refractivity contribution < 1.29 is 9.59 Å². The minimum atomic E-state index is -0.294. The molecule has 3 aromatic carbocycles. The summed E-state index contributed by atoms with van der Waals surface area (Å²) in [7, 11) is 3.47. The monoisotopic (exact) mass is 395 g/mol. The van der Waals surface area contributed by atoms with Crippen LogP contribution in [-0.2, 0) is 9.59 Å². The summed E-state index contributed by atoms with van der Waals surface area (Å²) < 4.78 is 0. The van der Waals surface area contributed by atoms with Crippen molar-refractivity contribution in [3.05, 3.63) is 71.8 Å². The smallest absolute Gasteiger partial charge is 0.244 e. The first-order chi connectivity index (χ1) is 13.4. The molecule has 6 heteroatoms. The van der Waals surface area contributed by atoms with Gasteiger partial charge < -0.3 is 15.1 Å². The maximum atomic E-state index is 12.5. The summed E-state index contributed by atoms with van der Waals surface area (Å²) in [4.78, 5) is 28.0. The van der Waals surface area contributed by atoms with E-state index < -0.39 is 0 Å². The van der Waals surface area contributed by atoms with Gasteiger partial charge in [-0.3, -0.25) is 9.59 Å². The summed E-state index contributed by atoms with van der Waals surface area (Å²) in [6.45, 7) is 0.129. The summed E-state index contributed by atoms with van der Waals surface area (Å²) in [6.07, 6.45) is 0. The number of halogens is 1. The lowest BCUT2D eigenvalue weighted by Crippen LogP contribution is -2.40. The molecule has 0 atom stereocenters. The van der Waals surface area contributed by atoms with Crippen LogP contribution in [0.5, 0.6) is 0 Å². The molecule has 0 heterocycles. The molecule has 0 aliphatic heterocycles. The second-order valence-corrected chi connectivity index (χ2v) is 7.07. The van der Waals surface area contributed by atoms with Crippen LogP contribution < -0.4 is 10.2 Å². The van der Waals surface area contributed by atoms with Crippen LogP contribution in [0.15, 0.2) is 66.7 Å². The lowest BCUT2D eigenvalue weighted by atomic mass is 10.1. The Morgan fingerprint density at radius 3 is 2.32 bits per heavy atom. The molecule has 2 amide bonds. The average Bonchev–Trinajstić information content (AvgIpc) is 2.69. The molecule has 28 heavy (non-hydrogen) atoms. The topological polar surface area (TPSA) is 52.7 Å². The molecule has 0 unspecified atom stereocenters. The van der Waals surface area contributed by atoms with E-state index in [-0.39, 0.29) is 24.9 Å². The Morgan fingerprint density at radius 2 is 1.57 bits per heavy atom. The van der Waals surface area contributed by atoms with Gasteiger partial charge in [-0.1, -0.05) is 54.1 Å². The Bertz CT molecular complexity index is 1010. The van der Waals surface area contributed by atoms with Gasteiger partial charge in [-0.25, -0.2) is 0 Å². The van der Waals surface area contributed by atoms with Gasteiger partial charge in [0, 0.05) is 19.8 Å². The molecule has 0 spiro atoms. The van der Waals surface area contributed by atoms with E-state index in [0.717, 1.165) is 16.5 Å². The summed E-state index contributed by atoms with van der Waals surface area (Å²) in [5.74, 6) is -0.442. The number of amides is 2. The first kappa shape index (κ1) is 19.7. The quantitative estimate of drug-likeness (QED) is 0.685. The first-order valence-corrected chi connectivity index (χ1v) is 9.30. The molecule has 0 fully saturated rings. The molecule has 3 rings (SSSR count).